The summed E-state index contributed by atoms with van der Waals surface area (Å²) in [7, 11) is 1.35. The number of methoxy groups -OCH3 is 1. The summed E-state index contributed by atoms with van der Waals surface area (Å²) in [6.45, 7) is 5.76. The number of ether oxygens (including phenoxy) is 2. The Bertz CT molecular complexity index is 1550. The van der Waals surface area contributed by atoms with E-state index in [0.717, 1.165) is 17.5 Å². The van der Waals surface area contributed by atoms with Crippen molar-refractivity contribution >= 4 is 23.3 Å². The maximum atomic E-state index is 13.2. The quantitative estimate of drug-likeness (QED) is 0.0838. The fraction of sp³-hybridized carbons (Fsp3) is 0.289. The first-order chi connectivity index (χ1) is 21.9. The van der Waals surface area contributed by atoms with E-state index in [1.54, 1.807) is 30.3 Å². The second kappa shape index (κ2) is 16.8. The maximum absolute atomic E-state index is 13.2. The van der Waals surface area contributed by atoms with Crippen LogP contribution in [0.3, 0.4) is 0 Å². The predicted molar refractivity (Wildman–Crippen MR) is 178 cm³/mol. The summed E-state index contributed by atoms with van der Waals surface area (Å²) in [5.41, 5.74) is 4.83. The van der Waals surface area contributed by atoms with E-state index in [-0.39, 0.29) is 11.7 Å². The standard InChI is InChI=1S/C38H42N2O5/c1-4-12-36(41)40(27-30-14-10-13-28(2)25-30)23-11-24-45-32-21-19-29(20-22-32)26-35(38(43)44-3)39-34-18-9-8-17-33(34)37(42)31-15-6-5-7-16-31/h5-10,13-22,25,35,39H,4,11-12,23-24,26-27H2,1-3H3/t35-/m0/s1. The van der Waals surface area contributed by atoms with Crippen molar-refractivity contribution in [3.05, 3.63) is 131 Å². The summed E-state index contributed by atoms with van der Waals surface area (Å²) in [6, 6.07) is 31.4. The minimum atomic E-state index is -0.702. The van der Waals surface area contributed by atoms with Crippen molar-refractivity contribution < 1.29 is 23.9 Å². The van der Waals surface area contributed by atoms with Gasteiger partial charge in [-0.05, 0) is 55.2 Å². The Kier molecular flexibility index (Phi) is 12.3. The summed E-state index contributed by atoms with van der Waals surface area (Å²) < 4.78 is 11.1. The Morgan fingerprint density at radius 3 is 2.29 bits per heavy atom. The van der Waals surface area contributed by atoms with Gasteiger partial charge in [0.15, 0.2) is 5.78 Å². The van der Waals surface area contributed by atoms with Gasteiger partial charge in [-0.2, -0.15) is 0 Å². The minimum absolute atomic E-state index is 0.128. The lowest BCUT2D eigenvalue weighted by molar-refractivity contribution is -0.141. The summed E-state index contributed by atoms with van der Waals surface area (Å²) in [6.07, 6.45) is 2.41. The molecule has 4 rings (SSSR count). The number of ketones is 1. The number of carbonyl (C=O) groups excluding carboxylic acids is 3. The molecule has 1 N–H and O–H groups in total. The molecule has 7 nitrogen and oxygen atoms in total. The van der Waals surface area contributed by atoms with Gasteiger partial charge in [0, 0.05) is 42.7 Å². The molecule has 0 unspecified atom stereocenters. The molecule has 0 aliphatic rings. The van der Waals surface area contributed by atoms with Gasteiger partial charge in [0.1, 0.15) is 11.8 Å². The number of benzene rings is 4. The molecule has 1 atom stereocenters. The Morgan fingerprint density at radius 1 is 0.844 bits per heavy atom. The van der Waals surface area contributed by atoms with Crippen LogP contribution in [-0.2, 0) is 27.3 Å². The Hall–Kier alpha value is -4.91. The number of rotatable bonds is 16. The SMILES string of the molecule is CCCC(=O)N(CCCOc1ccc(C[C@H](Nc2ccccc2C(=O)c2ccccc2)C(=O)OC)cc1)Cc1cccc(C)c1. The Labute approximate surface area is 266 Å². The topological polar surface area (TPSA) is 84.9 Å². The van der Waals surface area contributed by atoms with Crippen molar-refractivity contribution in [1.82, 2.24) is 4.90 Å². The number of aryl methyl sites for hydroxylation is 1. The molecule has 0 aromatic heterocycles. The number of para-hydroxylation sites is 1. The van der Waals surface area contributed by atoms with Crippen LogP contribution in [0.1, 0.15) is 58.8 Å². The zero-order valence-electron chi connectivity index (χ0n) is 26.3. The van der Waals surface area contributed by atoms with Crippen molar-refractivity contribution in [3.8, 4) is 5.75 Å². The molecule has 0 fully saturated rings. The summed E-state index contributed by atoms with van der Waals surface area (Å²) in [5, 5.41) is 3.24. The van der Waals surface area contributed by atoms with Crippen LogP contribution in [0.5, 0.6) is 5.75 Å². The van der Waals surface area contributed by atoms with Gasteiger partial charge in [0.25, 0.3) is 0 Å². The highest BCUT2D eigenvalue weighted by Gasteiger charge is 2.23. The lowest BCUT2D eigenvalue weighted by atomic mass is 10.00. The molecule has 234 valence electrons. The lowest BCUT2D eigenvalue weighted by Gasteiger charge is -2.23. The van der Waals surface area contributed by atoms with E-state index in [1.807, 2.05) is 66.4 Å². The van der Waals surface area contributed by atoms with Crippen LogP contribution in [-0.4, -0.2) is 48.9 Å². The van der Waals surface area contributed by atoms with Gasteiger partial charge in [0.2, 0.25) is 5.91 Å². The van der Waals surface area contributed by atoms with Gasteiger partial charge in [-0.1, -0.05) is 91.3 Å². The van der Waals surface area contributed by atoms with E-state index in [0.29, 0.717) is 61.5 Å². The molecule has 45 heavy (non-hydrogen) atoms. The molecule has 7 heteroatoms. The van der Waals surface area contributed by atoms with Crippen molar-refractivity contribution in [3.63, 3.8) is 0 Å². The summed E-state index contributed by atoms with van der Waals surface area (Å²) >= 11 is 0. The molecule has 0 aliphatic carbocycles. The minimum Gasteiger partial charge on any atom is -0.494 e. The van der Waals surface area contributed by atoms with Crippen molar-refractivity contribution in [2.24, 2.45) is 0 Å². The molecule has 4 aromatic carbocycles. The third kappa shape index (κ3) is 9.80. The normalized spacial score (nSPS) is 11.4. The maximum Gasteiger partial charge on any atom is 0.328 e. The molecule has 0 saturated heterocycles. The molecule has 1 amide bonds. The van der Waals surface area contributed by atoms with Crippen LogP contribution < -0.4 is 10.1 Å². The van der Waals surface area contributed by atoms with E-state index in [1.165, 1.54) is 12.7 Å². The number of amides is 1. The highest BCUT2D eigenvalue weighted by atomic mass is 16.5. The van der Waals surface area contributed by atoms with Gasteiger partial charge in [-0.3, -0.25) is 9.59 Å². The first kappa shape index (κ1) is 33.0. The highest BCUT2D eigenvalue weighted by Crippen LogP contribution is 2.22. The zero-order valence-corrected chi connectivity index (χ0v) is 26.3. The molecule has 0 bridgehead atoms. The molecule has 0 radical (unpaired) electrons. The van der Waals surface area contributed by atoms with E-state index in [4.69, 9.17) is 9.47 Å². The predicted octanol–water partition coefficient (Wildman–Crippen LogP) is 7.02. The van der Waals surface area contributed by atoms with Gasteiger partial charge < -0.3 is 19.7 Å². The fourth-order valence-corrected chi connectivity index (χ4v) is 5.17. The Morgan fingerprint density at radius 2 is 1.58 bits per heavy atom. The van der Waals surface area contributed by atoms with E-state index in [2.05, 4.69) is 30.4 Å². The molecule has 0 heterocycles. The second-order valence-corrected chi connectivity index (χ2v) is 11.1. The van der Waals surface area contributed by atoms with Crippen LogP contribution in [0.2, 0.25) is 0 Å². The molecule has 0 saturated carbocycles. The number of anilines is 1. The molecule has 0 spiro atoms. The Balaban J connectivity index is 1.34. The monoisotopic (exact) mass is 606 g/mol. The molecular formula is C38H42N2O5. The fourth-order valence-electron chi connectivity index (χ4n) is 5.17. The van der Waals surface area contributed by atoms with Crippen LogP contribution in [0.4, 0.5) is 5.69 Å². The van der Waals surface area contributed by atoms with Crippen molar-refractivity contribution in [2.75, 3.05) is 25.6 Å². The number of nitrogens with zero attached hydrogens (tertiary/aromatic N) is 1. The summed E-state index contributed by atoms with van der Waals surface area (Å²) in [4.78, 5) is 40.6. The number of hydrogen-bond donors (Lipinski definition) is 1. The van der Waals surface area contributed by atoms with Crippen LogP contribution >= 0.6 is 0 Å². The number of hydrogen-bond acceptors (Lipinski definition) is 6. The smallest absolute Gasteiger partial charge is 0.328 e. The number of esters is 1. The highest BCUT2D eigenvalue weighted by molar-refractivity contribution is 6.12. The first-order valence-electron chi connectivity index (χ1n) is 15.5. The van der Waals surface area contributed by atoms with Crippen LogP contribution in [0.15, 0.2) is 103 Å². The van der Waals surface area contributed by atoms with Crippen molar-refractivity contribution in [1.29, 1.82) is 0 Å². The van der Waals surface area contributed by atoms with Gasteiger partial charge in [-0.15, -0.1) is 0 Å². The third-order valence-corrected chi connectivity index (χ3v) is 7.50. The third-order valence-electron chi connectivity index (χ3n) is 7.50. The average Bonchev–Trinajstić information content (AvgIpc) is 3.06. The van der Waals surface area contributed by atoms with Crippen molar-refractivity contribution in [2.45, 2.75) is 52.1 Å². The molecule has 0 aliphatic heterocycles. The second-order valence-electron chi connectivity index (χ2n) is 11.1. The van der Waals surface area contributed by atoms with E-state index < -0.39 is 12.0 Å². The van der Waals surface area contributed by atoms with Crippen LogP contribution in [0, 0.1) is 6.92 Å². The van der Waals surface area contributed by atoms with E-state index >= 15 is 0 Å². The molecular weight excluding hydrogens is 564 g/mol. The largest absolute Gasteiger partial charge is 0.494 e. The zero-order chi connectivity index (χ0) is 32.0. The van der Waals surface area contributed by atoms with E-state index in [9.17, 15) is 14.4 Å². The van der Waals surface area contributed by atoms with Gasteiger partial charge in [-0.25, -0.2) is 4.79 Å². The molecule has 4 aromatic rings. The average molecular weight is 607 g/mol. The van der Waals surface area contributed by atoms with Gasteiger partial charge in [0.05, 0.1) is 13.7 Å². The first-order valence-corrected chi connectivity index (χ1v) is 15.5. The summed E-state index contributed by atoms with van der Waals surface area (Å²) in [5.74, 6) is 0.316. The van der Waals surface area contributed by atoms with Gasteiger partial charge >= 0.3 is 5.97 Å². The number of carbonyl (C=O) groups is 3. The lowest BCUT2D eigenvalue weighted by Crippen LogP contribution is -2.33. The van der Waals surface area contributed by atoms with Crippen LogP contribution in [0.25, 0.3) is 0 Å². The number of nitrogens with one attached hydrogen (secondary N) is 1.